The lowest BCUT2D eigenvalue weighted by molar-refractivity contribution is 0.0534. The number of fused-ring (bicyclic) bond motifs is 1. The van der Waals surface area contributed by atoms with Crippen molar-refractivity contribution in [1.82, 2.24) is 0 Å². The van der Waals surface area contributed by atoms with Gasteiger partial charge in [0.1, 0.15) is 6.61 Å². The standard InChI is InChI=1S/C9H7BrO4/c1-13-6-2-4-5(3-14-9(4)12)7(10)8(6)11/h2,11H,3H2,1H3. The molecule has 1 heterocycles. The third-order valence-corrected chi connectivity index (χ3v) is 2.95. The monoisotopic (exact) mass is 258 g/mol. The van der Waals surface area contributed by atoms with Gasteiger partial charge in [-0.25, -0.2) is 4.79 Å². The van der Waals surface area contributed by atoms with E-state index >= 15 is 0 Å². The van der Waals surface area contributed by atoms with Crippen molar-refractivity contribution < 1.29 is 19.4 Å². The number of carbonyl (C=O) groups excluding carboxylic acids is 1. The smallest absolute Gasteiger partial charge is 0.339 e. The maximum Gasteiger partial charge on any atom is 0.339 e. The van der Waals surface area contributed by atoms with Gasteiger partial charge in [-0.2, -0.15) is 0 Å². The number of methoxy groups -OCH3 is 1. The van der Waals surface area contributed by atoms with Crippen molar-refractivity contribution in [2.45, 2.75) is 6.61 Å². The van der Waals surface area contributed by atoms with E-state index in [9.17, 15) is 9.90 Å². The van der Waals surface area contributed by atoms with Crippen LogP contribution in [0.1, 0.15) is 15.9 Å². The number of rotatable bonds is 1. The Bertz CT molecular complexity index is 414. The molecule has 0 aliphatic carbocycles. The van der Waals surface area contributed by atoms with Gasteiger partial charge in [0.05, 0.1) is 17.1 Å². The second-order valence-corrected chi connectivity index (χ2v) is 3.64. The number of halogens is 1. The molecule has 0 spiro atoms. The summed E-state index contributed by atoms with van der Waals surface area (Å²) in [5.41, 5.74) is 1.10. The first-order valence-corrected chi connectivity index (χ1v) is 4.70. The normalized spacial score (nSPS) is 13.7. The maximum atomic E-state index is 11.2. The molecule has 0 unspecified atom stereocenters. The number of aromatic hydroxyl groups is 1. The molecule has 74 valence electrons. The molecule has 0 saturated heterocycles. The zero-order valence-corrected chi connectivity index (χ0v) is 8.92. The van der Waals surface area contributed by atoms with Crippen molar-refractivity contribution in [3.8, 4) is 11.5 Å². The zero-order valence-electron chi connectivity index (χ0n) is 7.33. The van der Waals surface area contributed by atoms with Gasteiger partial charge < -0.3 is 14.6 Å². The Morgan fingerprint density at radius 1 is 1.64 bits per heavy atom. The molecule has 1 aromatic rings. The molecule has 0 aromatic heterocycles. The van der Waals surface area contributed by atoms with E-state index in [0.29, 0.717) is 15.6 Å². The van der Waals surface area contributed by atoms with E-state index < -0.39 is 0 Å². The molecule has 1 N–H and O–H groups in total. The predicted octanol–water partition coefficient (Wildman–Crippen LogP) is 1.83. The molecule has 0 saturated carbocycles. The SMILES string of the molecule is COc1cc2c(c(Br)c1O)COC2=O. The molecule has 0 fully saturated rings. The van der Waals surface area contributed by atoms with Gasteiger partial charge in [0.15, 0.2) is 11.5 Å². The lowest BCUT2D eigenvalue weighted by Gasteiger charge is -2.07. The highest BCUT2D eigenvalue weighted by atomic mass is 79.9. The summed E-state index contributed by atoms with van der Waals surface area (Å²) in [6.45, 7) is 0.187. The third-order valence-electron chi connectivity index (χ3n) is 2.09. The van der Waals surface area contributed by atoms with Gasteiger partial charge in [-0.1, -0.05) is 0 Å². The van der Waals surface area contributed by atoms with Gasteiger partial charge in [0.25, 0.3) is 0 Å². The van der Waals surface area contributed by atoms with Crippen LogP contribution in [0, 0.1) is 0 Å². The molecular weight excluding hydrogens is 252 g/mol. The van der Waals surface area contributed by atoms with E-state index in [0.717, 1.165) is 0 Å². The number of esters is 1. The molecule has 1 aliphatic heterocycles. The molecule has 2 rings (SSSR count). The Balaban J connectivity index is 2.68. The number of phenolic OH excluding ortho intramolecular Hbond substituents is 1. The Hall–Kier alpha value is -1.23. The fraction of sp³-hybridized carbons (Fsp3) is 0.222. The summed E-state index contributed by atoms with van der Waals surface area (Å²) in [6.07, 6.45) is 0. The molecular formula is C9H7BrO4. The van der Waals surface area contributed by atoms with E-state index in [1.807, 2.05) is 0 Å². The maximum absolute atomic E-state index is 11.2. The first-order valence-electron chi connectivity index (χ1n) is 3.90. The lowest BCUT2D eigenvalue weighted by atomic mass is 10.1. The first-order chi connectivity index (χ1) is 6.65. The number of hydrogen-bond acceptors (Lipinski definition) is 4. The molecule has 5 heteroatoms. The van der Waals surface area contributed by atoms with Gasteiger partial charge in [-0.3, -0.25) is 0 Å². The minimum Gasteiger partial charge on any atom is -0.503 e. The fourth-order valence-electron chi connectivity index (χ4n) is 1.35. The van der Waals surface area contributed by atoms with Crippen molar-refractivity contribution in [3.05, 3.63) is 21.7 Å². The van der Waals surface area contributed by atoms with Crippen molar-refractivity contribution in [3.63, 3.8) is 0 Å². The molecule has 14 heavy (non-hydrogen) atoms. The van der Waals surface area contributed by atoms with Crippen LogP contribution in [0.4, 0.5) is 0 Å². The average Bonchev–Trinajstić information content (AvgIpc) is 2.54. The van der Waals surface area contributed by atoms with E-state index in [-0.39, 0.29) is 24.1 Å². The van der Waals surface area contributed by atoms with Crippen molar-refractivity contribution in [1.29, 1.82) is 0 Å². The van der Waals surface area contributed by atoms with Crippen molar-refractivity contribution in [2.24, 2.45) is 0 Å². The molecule has 0 amide bonds. The fourth-order valence-corrected chi connectivity index (χ4v) is 1.87. The van der Waals surface area contributed by atoms with Crippen molar-refractivity contribution in [2.75, 3.05) is 7.11 Å². The van der Waals surface area contributed by atoms with Crippen LogP contribution in [-0.2, 0) is 11.3 Å². The minimum absolute atomic E-state index is 0.00968. The summed E-state index contributed by atoms with van der Waals surface area (Å²) in [7, 11) is 1.42. The van der Waals surface area contributed by atoms with E-state index in [2.05, 4.69) is 15.9 Å². The first kappa shape index (κ1) is 9.33. The Kier molecular flexibility index (Phi) is 2.11. The number of phenols is 1. The number of ether oxygens (including phenoxy) is 2. The van der Waals surface area contributed by atoms with Gasteiger partial charge in [-0.05, 0) is 22.0 Å². The largest absolute Gasteiger partial charge is 0.503 e. The molecule has 0 radical (unpaired) electrons. The lowest BCUT2D eigenvalue weighted by Crippen LogP contribution is -1.95. The quantitative estimate of drug-likeness (QED) is 0.782. The van der Waals surface area contributed by atoms with Crippen LogP contribution in [0.25, 0.3) is 0 Å². The average molecular weight is 259 g/mol. The zero-order chi connectivity index (χ0) is 10.3. The number of carbonyl (C=O) groups is 1. The number of benzene rings is 1. The second-order valence-electron chi connectivity index (χ2n) is 2.84. The third kappa shape index (κ3) is 1.16. The summed E-state index contributed by atoms with van der Waals surface area (Å²) in [5, 5.41) is 9.61. The topological polar surface area (TPSA) is 55.8 Å². The summed E-state index contributed by atoms with van der Waals surface area (Å²) in [4.78, 5) is 11.2. The number of cyclic esters (lactones) is 1. The Morgan fingerprint density at radius 3 is 3.00 bits per heavy atom. The van der Waals surface area contributed by atoms with Crippen LogP contribution in [-0.4, -0.2) is 18.2 Å². The Labute approximate surface area is 88.6 Å². The molecule has 4 nitrogen and oxygen atoms in total. The molecule has 1 aliphatic rings. The van der Waals surface area contributed by atoms with E-state index in [1.165, 1.54) is 13.2 Å². The van der Waals surface area contributed by atoms with Crippen LogP contribution < -0.4 is 4.74 Å². The highest BCUT2D eigenvalue weighted by molar-refractivity contribution is 9.10. The van der Waals surface area contributed by atoms with E-state index in [4.69, 9.17) is 9.47 Å². The minimum atomic E-state index is -0.390. The summed E-state index contributed by atoms with van der Waals surface area (Å²) >= 11 is 3.19. The van der Waals surface area contributed by atoms with E-state index in [1.54, 1.807) is 0 Å². The second kappa shape index (κ2) is 3.16. The Morgan fingerprint density at radius 2 is 2.36 bits per heavy atom. The summed E-state index contributed by atoms with van der Waals surface area (Å²) in [6, 6.07) is 1.48. The van der Waals surface area contributed by atoms with Gasteiger partial charge in [0, 0.05) is 5.56 Å². The van der Waals surface area contributed by atoms with Gasteiger partial charge in [-0.15, -0.1) is 0 Å². The van der Waals surface area contributed by atoms with Gasteiger partial charge >= 0.3 is 5.97 Å². The highest BCUT2D eigenvalue weighted by Crippen LogP contribution is 2.41. The van der Waals surface area contributed by atoms with Crippen LogP contribution in [0.15, 0.2) is 10.5 Å². The predicted molar refractivity (Wildman–Crippen MR) is 51.5 cm³/mol. The number of hydrogen-bond donors (Lipinski definition) is 1. The van der Waals surface area contributed by atoms with Crippen LogP contribution >= 0.6 is 15.9 Å². The molecule has 1 aromatic carbocycles. The highest BCUT2D eigenvalue weighted by Gasteiger charge is 2.27. The van der Waals surface area contributed by atoms with Crippen LogP contribution in [0.3, 0.4) is 0 Å². The summed E-state index contributed by atoms with van der Waals surface area (Å²) < 4.78 is 10.2. The molecule has 0 bridgehead atoms. The van der Waals surface area contributed by atoms with Crippen LogP contribution in [0.5, 0.6) is 11.5 Å². The van der Waals surface area contributed by atoms with Gasteiger partial charge in [0.2, 0.25) is 0 Å². The molecule has 0 atom stereocenters. The van der Waals surface area contributed by atoms with Crippen molar-refractivity contribution >= 4 is 21.9 Å². The van der Waals surface area contributed by atoms with Crippen LogP contribution in [0.2, 0.25) is 0 Å². The summed E-state index contributed by atoms with van der Waals surface area (Å²) in [5.74, 6) is -0.141.